The van der Waals surface area contributed by atoms with Crippen molar-refractivity contribution in [2.24, 2.45) is 5.92 Å². The molecule has 1 aliphatic rings. The van der Waals surface area contributed by atoms with E-state index in [1.807, 2.05) is 36.4 Å². The van der Waals surface area contributed by atoms with E-state index in [9.17, 15) is 9.50 Å². The molecule has 3 heteroatoms. The average molecular weight is 390 g/mol. The topological polar surface area (TPSA) is 32.3 Å². The monoisotopic (exact) mass is 389 g/mol. The van der Waals surface area contributed by atoms with Gasteiger partial charge in [-0.1, -0.05) is 86.1 Å². The minimum absolute atomic E-state index is 0.00423. The molecule has 1 aliphatic heterocycles. The van der Waals surface area contributed by atoms with Crippen LogP contribution in [0, 0.1) is 11.7 Å². The quantitative estimate of drug-likeness (QED) is 0.569. The molecule has 0 unspecified atom stereocenters. The van der Waals surface area contributed by atoms with Gasteiger partial charge in [0.25, 0.3) is 0 Å². The van der Waals surface area contributed by atoms with Crippen molar-refractivity contribution in [2.75, 3.05) is 0 Å². The summed E-state index contributed by atoms with van der Waals surface area (Å²) in [7, 11) is 0. The Morgan fingerprint density at radius 1 is 0.897 bits per heavy atom. The van der Waals surface area contributed by atoms with Crippen LogP contribution in [-0.4, -0.2) is 5.11 Å². The molecule has 1 saturated heterocycles. The van der Waals surface area contributed by atoms with E-state index in [4.69, 9.17) is 0 Å². The van der Waals surface area contributed by atoms with Gasteiger partial charge in [0.2, 0.25) is 0 Å². The van der Waals surface area contributed by atoms with Crippen LogP contribution in [0.4, 0.5) is 4.39 Å². The number of halogens is 1. The zero-order valence-corrected chi connectivity index (χ0v) is 16.8. The first-order valence-electron chi connectivity index (χ1n) is 10.5. The van der Waals surface area contributed by atoms with E-state index >= 15 is 0 Å². The number of benzene rings is 3. The van der Waals surface area contributed by atoms with Gasteiger partial charge in [-0.15, -0.1) is 0 Å². The number of hydrogen-bond acceptors (Lipinski definition) is 2. The molecule has 3 aromatic rings. The van der Waals surface area contributed by atoms with Gasteiger partial charge in [-0.25, -0.2) is 4.39 Å². The molecule has 1 heterocycles. The van der Waals surface area contributed by atoms with Gasteiger partial charge in [-0.2, -0.15) is 0 Å². The maximum Gasteiger partial charge on any atom is 0.123 e. The third kappa shape index (κ3) is 3.98. The van der Waals surface area contributed by atoms with E-state index in [0.717, 1.165) is 24.0 Å². The molecule has 2 nitrogen and oxygen atoms in total. The highest BCUT2D eigenvalue weighted by molar-refractivity contribution is 5.32. The van der Waals surface area contributed by atoms with E-state index in [0.29, 0.717) is 6.42 Å². The van der Waals surface area contributed by atoms with Crippen molar-refractivity contribution in [3.8, 4) is 0 Å². The zero-order valence-electron chi connectivity index (χ0n) is 16.8. The highest BCUT2D eigenvalue weighted by Crippen LogP contribution is 2.50. The first-order valence-corrected chi connectivity index (χ1v) is 10.5. The Balaban J connectivity index is 1.82. The number of piperidine rings is 1. The molecule has 0 aromatic heterocycles. The van der Waals surface area contributed by atoms with Crippen LogP contribution in [0.3, 0.4) is 0 Å². The molecule has 1 fully saturated rings. The van der Waals surface area contributed by atoms with E-state index in [1.54, 1.807) is 12.1 Å². The maximum absolute atomic E-state index is 13.6. The Labute approximate surface area is 172 Å². The molecular formula is C26H28FNO. The van der Waals surface area contributed by atoms with Crippen LogP contribution < -0.4 is 5.32 Å². The third-order valence-corrected chi connectivity index (χ3v) is 6.22. The second-order valence-corrected chi connectivity index (χ2v) is 8.05. The van der Waals surface area contributed by atoms with Crippen LogP contribution in [0.25, 0.3) is 0 Å². The van der Waals surface area contributed by atoms with Crippen molar-refractivity contribution < 1.29 is 9.50 Å². The van der Waals surface area contributed by atoms with Gasteiger partial charge >= 0.3 is 0 Å². The van der Waals surface area contributed by atoms with E-state index < -0.39 is 5.60 Å². The lowest BCUT2D eigenvalue weighted by atomic mass is 9.66. The summed E-state index contributed by atoms with van der Waals surface area (Å²) >= 11 is 0. The molecule has 29 heavy (non-hydrogen) atoms. The van der Waals surface area contributed by atoms with Crippen molar-refractivity contribution in [1.82, 2.24) is 5.32 Å². The van der Waals surface area contributed by atoms with E-state index in [-0.39, 0.29) is 23.8 Å². The molecule has 0 aliphatic carbocycles. The Hall–Kier alpha value is -2.49. The fourth-order valence-electron chi connectivity index (χ4n) is 4.81. The second-order valence-electron chi connectivity index (χ2n) is 8.05. The normalized spacial score (nSPS) is 26.9. The lowest BCUT2D eigenvalue weighted by molar-refractivity contribution is -0.0850. The summed E-state index contributed by atoms with van der Waals surface area (Å²) in [6.07, 6.45) is 2.40. The molecule has 150 valence electrons. The molecular weight excluding hydrogens is 361 g/mol. The fraction of sp³-hybridized carbons (Fsp3) is 0.308. The molecule has 0 radical (unpaired) electrons. The summed E-state index contributed by atoms with van der Waals surface area (Å²) in [5, 5.41) is 15.9. The average Bonchev–Trinajstić information content (AvgIpc) is 2.77. The standard InChI is InChI=1S/C26H28FNO/c1-2-9-23-25(20-12-7-4-8-13-20)28-24(19-10-5-3-6-11-19)18-26(23,29)21-14-16-22(27)17-15-21/h3-8,10-17,23-25,28-29H,2,9,18H2,1H3/t23-,24-,25-,26-/m0/s1. The second kappa shape index (κ2) is 8.48. The molecule has 0 bridgehead atoms. The summed E-state index contributed by atoms with van der Waals surface area (Å²) in [5.74, 6) is -0.294. The van der Waals surface area contributed by atoms with Gasteiger partial charge < -0.3 is 10.4 Å². The molecule has 3 aromatic carbocycles. The SMILES string of the molecule is CCC[C@H]1[C@H](c2ccccc2)N[C@H](c2ccccc2)C[C@]1(O)c1ccc(F)cc1. The van der Waals surface area contributed by atoms with Crippen molar-refractivity contribution in [2.45, 2.75) is 43.9 Å². The fourth-order valence-corrected chi connectivity index (χ4v) is 4.81. The van der Waals surface area contributed by atoms with Gasteiger partial charge in [0.1, 0.15) is 5.82 Å². The predicted octanol–water partition coefficient (Wildman–Crippen LogP) is 5.91. The first-order chi connectivity index (χ1) is 14.1. The Morgan fingerprint density at radius 2 is 1.48 bits per heavy atom. The highest BCUT2D eigenvalue weighted by Gasteiger charge is 2.48. The largest absolute Gasteiger partial charge is 0.385 e. The molecule has 2 N–H and O–H groups in total. The summed E-state index contributed by atoms with van der Waals surface area (Å²) in [6.45, 7) is 2.15. The summed E-state index contributed by atoms with van der Waals surface area (Å²) in [5.41, 5.74) is 2.08. The minimum atomic E-state index is -1.05. The van der Waals surface area contributed by atoms with Crippen molar-refractivity contribution in [3.05, 3.63) is 107 Å². The van der Waals surface area contributed by atoms with Crippen LogP contribution in [0.5, 0.6) is 0 Å². The lowest BCUT2D eigenvalue weighted by Crippen LogP contribution is -2.51. The highest BCUT2D eigenvalue weighted by atomic mass is 19.1. The first kappa shape index (κ1) is 19.8. The maximum atomic E-state index is 13.6. The van der Waals surface area contributed by atoms with Gasteiger partial charge in [0, 0.05) is 24.4 Å². The minimum Gasteiger partial charge on any atom is -0.385 e. The number of rotatable bonds is 5. The smallest absolute Gasteiger partial charge is 0.123 e. The molecule has 0 saturated carbocycles. The summed E-state index contributed by atoms with van der Waals surface area (Å²) < 4.78 is 13.6. The van der Waals surface area contributed by atoms with Crippen LogP contribution in [-0.2, 0) is 5.60 Å². The van der Waals surface area contributed by atoms with Crippen molar-refractivity contribution in [1.29, 1.82) is 0 Å². The zero-order chi connectivity index (χ0) is 20.3. The van der Waals surface area contributed by atoms with Gasteiger partial charge in [0.15, 0.2) is 0 Å². The Morgan fingerprint density at radius 3 is 2.07 bits per heavy atom. The van der Waals surface area contributed by atoms with Crippen LogP contribution in [0.15, 0.2) is 84.9 Å². The van der Waals surface area contributed by atoms with E-state index in [2.05, 4.69) is 36.5 Å². The van der Waals surface area contributed by atoms with E-state index in [1.165, 1.54) is 17.7 Å². The van der Waals surface area contributed by atoms with Gasteiger partial charge in [-0.05, 0) is 35.2 Å². The van der Waals surface area contributed by atoms with Crippen molar-refractivity contribution in [3.63, 3.8) is 0 Å². The van der Waals surface area contributed by atoms with Crippen LogP contribution in [0.2, 0.25) is 0 Å². The van der Waals surface area contributed by atoms with Gasteiger partial charge in [-0.3, -0.25) is 0 Å². The Bertz CT molecular complexity index is 912. The summed E-state index contributed by atoms with van der Waals surface area (Å²) in [6, 6.07) is 27.0. The number of nitrogens with one attached hydrogen (secondary N) is 1. The molecule has 0 amide bonds. The number of aliphatic hydroxyl groups is 1. The van der Waals surface area contributed by atoms with Crippen LogP contribution in [0.1, 0.15) is 55.0 Å². The van der Waals surface area contributed by atoms with Crippen molar-refractivity contribution >= 4 is 0 Å². The molecule has 4 atom stereocenters. The molecule has 0 spiro atoms. The van der Waals surface area contributed by atoms with Gasteiger partial charge in [0.05, 0.1) is 5.60 Å². The predicted molar refractivity (Wildman–Crippen MR) is 115 cm³/mol. The summed E-state index contributed by atoms with van der Waals surface area (Å²) in [4.78, 5) is 0. The lowest BCUT2D eigenvalue weighted by Gasteiger charge is -2.49. The van der Waals surface area contributed by atoms with Crippen LogP contribution >= 0.6 is 0 Å². The molecule has 4 rings (SSSR count). The Kier molecular flexibility index (Phi) is 5.79. The number of hydrogen-bond donors (Lipinski definition) is 2. The third-order valence-electron chi connectivity index (χ3n) is 6.22.